The molecule has 1 unspecified atom stereocenters. The first-order valence-electron chi connectivity index (χ1n) is 9.99. The second kappa shape index (κ2) is 9.17. The lowest BCUT2D eigenvalue weighted by atomic mass is 10.2. The lowest BCUT2D eigenvalue weighted by Crippen LogP contribution is -2.57. The molecule has 1 aromatic heterocycles. The van der Waals surface area contributed by atoms with Gasteiger partial charge in [0.25, 0.3) is 0 Å². The van der Waals surface area contributed by atoms with Crippen molar-refractivity contribution in [3.05, 3.63) is 29.6 Å². The summed E-state index contributed by atoms with van der Waals surface area (Å²) in [6.07, 6.45) is 2.29. The molecule has 3 rings (SSSR count). The Morgan fingerprint density at radius 1 is 1.15 bits per heavy atom. The topological polar surface area (TPSA) is 64.1 Å². The molecule has 7 heteroatoms. The summed E-state index contributed by atoms with van der Waals surface area (Å²) in [5.74, 6) is 1.19. The molecule has 2 saturated heterocycles. The summed E-state index contributed by atoms with van der Waals surface area (Å²) < 4.78 is 0. The minimum atomic E-state index is -0.0308. The first-order valence-corrected chi connectivity index (χ1v) is 9.99. The molecule has 0 aromatic carbocycles. The Hall–Kier alpha value is -2.15. The van der Waals surface area contributed by atoms with Gasteiger partial charge in [0.15, 0.2) is 5.96 Å². The Labute approximate surface area is 162 Å². The van der Waals surface area contributed by atoms with Crippen LogP contribution in [0.15, 0.2) is 23.2 Å². The van der Waals surface area contributed by atoms with E-state index in [1.165, 1.54) is 0 Å². The van der Waals surface area contributed by atoms with Gasteiger partial charge in [-0.15, -0.1) is 0 Å². The molecule has 27 heavy (non-hydrogen) atoms. The van der Waals surface area contributed by atoms with Crippen LogP contribution in [0.2, 0.25) is 0 Å². The zero-order valence-corrected chi connectivity index (χ0v) is 16.8. The van der Waals surface area contributed by atoms with Crippen LogP contribution in [0, 0.1) is 6.92 Å². The number of hydrogen-bond donors (Lipinski definition) is 1. The van der Waals surface area contributed by atoms with Gasteiger partial charge in [0.05, 0.1) is 18.3 Å². The fraction of sp³-hybridized carbons (Fsp3) is 0.650. The van der Waals surface area contributed by atoms with Crippen LogP contribution in [0.4, 0.5) is 0 Å². The number of rotatable bonds is 4. The van der Waals surface area contributed by atoms with E-state index in [1.807, 2.05) is 44.0 Å². The van der Waals surface area contributed by atoms with Crippen LogP contribution in [-0.2, 0) is 11.3 Å². The molecule has 0 spiro atoms. The van der Waals surface area contributed by atoms with Crippen LogP contribution < -0.4 is 5.32 Å². The Morgan fingerprint density at radius 2 is 1.85 bits per heavy atom. The molecule has 2 fully saturated rings. The van der Waals surface area contributed by atoms with Gasteiger partial charge in [-0.05, 0) is 38.8 Å². The van der Waals surface area contributed by atoms with Crippen molar-refractivity contribution in [1.29, 1.82) is 0 Å². The summed E-state index contributed by atoms with van der Waals surface area (Å²) in [6.45, 7) is 10.1. The maximum Gasteiger partial charge on any atom is 0.239 e. The molecule has 1 aromatic rings. The van der Waals surface area contributed by atoms with E-state index in [9.17, 15) is 4.79 Å². The van der Waals surface area contributed by atoms with Crippen LogP contribution in [0.1, 0.15) is 31.2 Å². The van der Waals surface area contributed by atoms with E-state index in [2.05, 4.69) is 25.1 Å². The number of aromatic nitrogens is 1. The minimum absolute atomic E-state index is 0.0308. The van der Waals surface area contributed by atoms with Crippen LogP contribution in [0.3, 0.4) is 0 Å². The van der Waals surface area contributed by atoms with E-state index in [-0.39, 0.29) is 11.9 Å². The number of aryl methyl sites for hydroxylation is 1. The predicted octanol–water partition coefficient (Wildman–Crippen LogP) is 1.09. The number of nitrogens with zero attached hydrogens (tertiary/aromatic N) is 5. The highest BCUT2D eigenvalue weighted by Crippen LogP contribution is 2.14. The van der Waals surface area contributed by atoms with Crippen molar-refractivity contribution in [2.45, 2.75) is 39.3 Å². The number of carbonyl (C=O) groups is 1. The van der Waals surface area contributed by atoms with Gasteiger partial charge in [0.2, 0.25) is 5.91 Å². The normalized spacial score (nSPS) is 20.0. The highest BCUT2D eigenvalue weighted by atomic mass is 16.2. The van der Waals surface area contributed by atoms with Crippen LogP contribution in [0.25, 0.3) is 0 Å². The van der Waals surface area contributed by atoms with Gasteiger partial charge < -0.3 is 15.1 Å². The zero-order chi connectivity index (χ0) is 19.2. The molecule has 0 aliphatic carbocycles. The monoisotopic (exact) mass is 372 g/mol. The molecule has 0 radical (unpaired) electrons. The Morgan fingerprint density at radius 3 is 2.48 bits per heavy atom. The third kappa shape index (κ3) is 4.97. The van der Waals surface area contributed by atoms with Crippen molar-refractivity contribution >= 4 is 11.9 Å². The van der Waals surface area contributed by atoms with Crippen molar-refractivity contribution in [3.63, 3.8) is 0 Å². The van der Waals surface area contributed by atoms with Crippen LogP contribution in [-0.4, -0.2) is 83.9 Å². The summed E-state index contributed by atoms with van der Waals surface area (Å²) in [4.78, 5) is 28.2. The molecule has 0 saturated carbocycles. The first kappa shape index (κ1) is 19.6. The molecule has 1 amide bonds. The van der Waals surface area contributed by atoms with Crippen molar-refractivity contribution in [2.75, 3.05) is 46.3 Å². The Bertz CT molecular complexity index is 662. The molecule has 1 atom stereocenters. The predicted molar refractivity (Wildman–Crippen MR) is 108 cm³/mol. The third-order valence-corrected chi connectivity index (χ3v) is 5.52. The number of guanidine groups is 1. The van der Waals surface area contributed by atoms with Gasteiger partial charge in [-0.2, -0.15) is 0 Å². The molecule has 2 aliphatic rings. The largest absolute Gasteiger partial charge is 0.351 e. The minimum Gasteiger partial charge on any atom is -0.351 e. The number of pyridine rings is 1. The number of amides is 1. The number of hydrogen-bond acceptors (Lipinski definition) is 4. The van der Waals surface area contributed by atoms with E-state index in [0.29, 0.717) is 6.54 Å². The summed E-state index contributed by atoms with van der Waals surface area (Å²) in [5.41, 5.74) is 2.04. The first-order chi connectivity index (χ1) is 13.1. The SMILES string of the molecule is CN=C(NCc1cccc(C)n1)N1CCN(C(C)C(=O)N2CCCC2)CC1. The number of aliphatic imine (C=N–C) groups is 1. The van der Waals surface area contributed by atoms with E-state index in [4.69, 9.17) is 0 Å². The average Bonchev–Trinajstić information content (AvgIpc) is 3.23. The smallest absolute Gasteiger partial charge is 0.239 e. The lowest BCUT2D eigenvalue weighted by Gasteiger charge is -2.39. The fourth-order valence-corrected chi connectivity index (χ4v) is 3.88. The molecular weight excluding hydrogens is 340 g/mol. The molecular formula is C20H32N6O. The van der Waals surface area contributed by atoms with E-state index in [0.717, 1.165) is 69.5 Å². The number of nitrogens with one attached hydrogen (secondary N) is 1. The Balaban J connectivity index is 1.48. The standard InChI is InChI=1S/C20H32N6O/c1-16-7-6-8-18(23-16)15-22-20(21-3)26-13-11-24(12-14-26)17(2)19(27)25-9-4-5-10-25/h6-8,17H,4-5,9-15H2,1-3H3,(H,21,22). The molecule has 2 aliphatic heterocycles. The van der Waals surface area contributed by atoms with Crippen LogP contribution in [0.5, 0.6) is 0 Å². The van der Waals surface area contributed by atoms with Gasteiger partial charge in [-0.3, -0.25) is 19.7 Å². The van der Waals surface area contributed by atoms with Gasteiger partial charge in [0.1, 0.15) is 0 Å². The Kier molecular flexibility index (Phi) is 6.66. The van der Waals surface area contributed by atoms with E-state index < -0.39 is 0 Å². The maximum atomic E-state index is 12.6. The van der Waals surface area contributed by atoms with Crippen molar-refractivity contribution in [1.82, 2.24) is 25.0 Å². The summed E-state index contributed by atoms with van der Waals surface area (Å²) >= 11 is 0. The molecule has 3 heterocycles. The molecule has 7 nitrogen and oxygen atoms in total. The van der Waals surface area contributed by atoms with Gasteiger partial charge in [-0.25, -0.2) is 0 Å². The van der Waals surface area contributed by atoms with Crippen molar-refractivity contribution in [3.8, 4) is 0 Å². The summed E-state index contributed by atoms with van der Waals surface area (Å²) in [5, 5.41) is 3.41. The highest BCUT2D eigenvalue weighted by Gasteiger charge is 2.30. The lowest BCUT2D eigenvalue weighted by molar-refractivity contribution is -0.135. The number of piperazine rings is 1. The maximum absolute atomic E-state index is 12.6. The highest BCUT2D eigenvalue weighted by molar-refractivity contribution is 5.82. The average molecular weight is 373 g/mol. The van der Waals surface area contributed by atoms with Crippen molar-refractivity contribution < 1.29 is 4.79 Å². The van der Waals surface area contributed by atoms with E-state index in [1.54, 1.807) is 0 Å². The quantitative estimate of drug-likeness (QED) is 0.633. The van der Waals surface area contributed by atoms with Gasteiger partial charge in [-0.1, -0.05) is 6.07 Å². The second-order valence-electron chi connectivity index (χ2n) is 7.40. The molecule has 0 bridgehead atoms. The summed E-state index contributed by atoms with van der Waals surface area (Å²) in [7, 11) is 1.82. The van der Waals surface area contributed by atoms with Gasteiger partial charge in [0, 0.05) is 52.0 Å². The zero-order valence-electron chi connectivity index (χ0n) is 16.8. The van der Waals surface area contributed by atoms with Gasteiger partial charge >= 0.3 is 0 Å². The second-order valence-corrected chi connectivity index (χ2v) is 7.40. The summed E-state index contributed by atoms with van der Waals surface area (Å²) in [6, 6.07) is 6.02. The fourth-order valence-electron chi connectivity index (χ4n) is 3.88. The number of likely N-dealkylation sites (tertiary alicyclic amines) is 1. The van der Waals surface area contributed by atoms with Crippen molar-refractivity contribution in [2.24, 2.45) is 4.99 Å². The van der Waals surface area contributed by atoms with Crippen LogP contribution >= 0.6 is 0 Å². The van der Waals surface area contributed by atoms with E-state index >= 15 is 0 Å². The molecule has 1 N–H and O–H groups in total. The third-order valence-electron chi connectivity index (χ3n) is 5.52. The molecule has 148 valence electrons. The number of carbonyl (C=O) groups excluding carboxylic acids is 1.